The fourth-order valence-corrected chi connectivity index (χ4v) is 2.16. The van der Waals surface area contributed by atoms with Crippen LogP contribution < -0.4 is 10.2 Å². The maximum Gasteiger partial charge on any atom is 0.251 e. The molecule has 1 N–H and O–H groups in total. The maximum absolute atomic E-state index is 12.1. The molecule has 2 aromatic carbocycles. The van der Waals surface area contributed by atoms with Gasteiger partial charge < -0.3 is 14.6 Å². The third kappa shape index (κ3) is 2.93. The first-order valence-electron chi connectivity index (χ1n) is 7.03. The molecule has 22 heavy (non-hydrogen) atoms. The maximum atomic E-state index is 12.1. The highest BCUT2D eigenvalue weighted by Gasteiger charge is 2.09. The third-order valence-electron chi connectivity index (χ3n) is 3.38. The number of aromatic nitrogens is 1. The van der Waals surface area contributed by atoms with E-state index in [1.165, 1.54) is 0 Å². The predicted octanol–water partition coefficient (Wildman–Crippen LogP) is 2.82. The molecule has 1 amide bonds. The Hall–Kier alpha value is -2.82. The smallest absolute Gasteiger partial charge is 0.251 e. The molecule has 0 aliphatic heterocycles. The number of carbonyl (C=O) groups is 1. The lowest BCUT2D eigenvalue weighted by atomic mass is 10.2. The number of nitrogens with one attached hydrogen (secondary N) is 1. The average Bonchev–Trinajstić information content (AvgIpc) is 2.95. The van der Waals surface area contributed by atoms with Crippen LogP contribution >= 0.6 is 0 Å². The van der Waals surface area contributed by atoms with Gasteiger partial charge in [-0.1, -0.05) is 12.1 Å². The number of fused-ring (bicyclic) bond motifs is 1. The summed E-state index contributed by atoms with van der Waals surface area (Å²) in [5.41, 5.74) is 3.18. The van der Waals surface area contributed by atoms with Crippen LogP contribution in [0.5, 0.6) is 0 Å². The van der Waals surface area contributed by atoms with Crippen LogP contribution in [0.25, 0.3) is 11.1 Å². The lowest BCUT2D eigenvalue weighted by Gasteiger charge is -2.12. The van der Waals surface area contributed by atoms with Crippen LogP contribution in [0, 0.1) is 0 Å². The van der Waals surface area contributed by atoms with E-state index in [1.54, 1.807) is 12.1 Å². The minimum absolute atomic E-state index is 0.146. The summed E-state index contributed by atoms with van der Waals surface area (Å²) in [7, 11) is 3.92. The van der Waals surface area contributed by atoms with Gasteiger partial charge in [-0.2, -0.15) is 0 Å². The number of rotatable bonds is 4. The normalized spacial score (nSPS) is 10.6. The van der Waals surface area contributed by atoms with Gasteiger partial charge in [-0.15, -0.1) is 0 Å². The summed E-state index contributed by atoms with van der Waals surface area (Å²) in [6.07, 6.45) is 0. The van der Waals surface area contributed by atoms with Crippen LogP contribution in [0.1, 0.15) is 16.2 Å². The summed E-state index contributed by atoms with van der Waals surface area (Å²) in [5.74, 6) is 0.354. The van der Waals surface area contributed by atoms with Crippen LogP contribution in [0.3, 0.4) is 0 Å². The van der Waals surface area contributed by atoms with Crippen molar-refractivity contribution in [1.82, 2.24) is 10.3 Å². The molecule has 3 aromatic rings. The number of hydrogen-bond acceptors (Lipinski definition) is 4. The van der Waals surface area contributed by atoms with Crippen LogP contribution in [-0.4, -0.2) is 25.0 Å². The second-order valence-electron chi connectivity index (χ2n) is 5.20. The fraction of sp³-hybridized carbons (Fsp3) is 0.176. The van der Waals surface area contributed by atoms with E-state index in [2.05, 4.69) is 10.3 Å². The number of benzene rings is 2. The Morgan fingerprint density at radius 2 is 1.86 bits per heavy atom. The lowest BCUT2D eigenvalue weighted by Crippen LogP contribution is -2.23. The summed E-state index contributed by atoms with van der Waals surface area (Å²) in [6, 6.07) is 15.0. The summed E-state index contributed by atoms with van der Waals surface area (Å²) in [5, 5.41) is 2.82. The number of para-hydroxylation sites is 2. The second-order valence-corrected chi connectivity index (χ2v) is 5.20. The van der Waals surface area contributed by atoms with E-state index >= 15 is 0 Å². The van der Waals surface area contributed by atoms with Crippen molar-refractivity contribution < 1.29 is 9.21 Å². The Morgan fingerprint density at radius 1 is 1.14 bits per heavy atom. The van der Waals surface area contributed by atoms with Gasteiger partial charge in [0.25, 0.3) is 5.91 Å². The van der Waals surface area contributed by atoms with Gasteiger partial charge in [0, 0.05) is 25.3 Å². The first-order valence-corrected chi connectivity index (χ1v) is 7.03. The second kappa shape index (κ2) is 5.89. The SMILES string of the molecule is CN(C)c1ccc(C(=O)NCc2nc3ccccc3o2)cc1. The number of oxazole rings is 1. The highest BCUT2D eigenvalue weighted by Crippen LogP contribution is 2.15. The fourth-order valence-electron chi connectivity index (χ4n) is 2.16. The molecule has 1 aromatic heterocycles. The first-order chi connectivity index (χ1) is 10.6. The quantitative estimate of drug-likeness (QED) is 0.804. The van der Waals surface area contributed by atoms with Crippen molar-refractivity contribution in [3.05, 3.63) is 60.0 Å². The summed E-state index contributed by atoms with van der Waals surface area (Å²) in [6.45, 7) is 0.267. The van der Waals surface area contributed by atoms with Gasteiger partial charge in [-0.05, 0) is 36.4 Å². The minimum atomic E-state index is -0.146. The van der Waals surface area contributed by atoms with Crippen molar-refractivity contribution in [2.75, 3.05) is 19.0 Å². The molecule has 0 atom stereocenters. The number of nitrogens with zero attached hydrogens (tertiary/aromatic N) is 2. The zero-order valence-electron chi connectivity index (χ0n) is 12.5. The molecule has 0 radical (unpaired) electrons. The molecule has 0 saturated carbocycles. The van der Waals surface area contributed by atoms with Crippen molar-refractivity contribution in [2.24, 2.45) is 0 Å². The molecule has 0 bridgehead atoms. The summed E-state index contributed by atoms with van der Waals surface area (Å²) >= 11 is 0. The van der Waals surface area contributed by atoms with Gasteiger partial charge in [0.05, 0.1) is 6.54 Å². The van der Waals surface area contributed by atoms with Crippen molar-refractivity contribution in [3.8, 4) is 0 Å². The van der Waals surface area contributed by atoms with Crippen molar-refractivity contribution in [3.63, 3.8) is 0 Å². The highest BCUT2D eigenvalue weighted by molar-refractivity contribution is 5.94. The molecule has 3 rings (SSSR count). The monoisotopic (exact) mass is 295 g/mol. The van der Waals surface area contributed by atoms with Gasteiger partial charge in [0.2, 0.25) is 5.89 Å². The molecule has 0 aliphatic rings. The Kier molecular flexibility index (Phi) is 3.78. The molecular weight excluding hydrogens is 278 g/mol. The van der Waals surface area contributed by atoms with E-state index < -0.39 is 0 Å². The molecule has 0 spiro atoms. The first kappa shape index (κ1) is 14.1. The number of anilines is 1. The van der Waals surface area contributed by atoms with Crippen molar-refractivity contribution in [2.45, 2.75) is 6.54 Å². The molecular formula is C17H17N3O2. The molecule has 1 heterocycles. The van der Waals surface area contributed by atoms with Gasteiger partial charge in [-0.25, -0.2) is 4.98 Å². The molecule has 0 saturated heterocycles. The van der Waals surface area contributed by atoms with Gasteiger partial charge in [0.1, 0.15) is 5.52 Å². The standard InChI is InChI=1S/C17H17N3O2/c1-20(2)13-9-7-12(8-10-13)17(21)18-11-16-19-14-5-3-4-6-15(14)22-16/h3-10H,11H2,1-2H3,(H,18,21). The van der Waals surface area contributed by atoms with Gasteiger partial charge in [0.15, 0.2) is 5.58 Å². The molecule has 5 heteroatoms. The average molecular weight is 295 g/mol. The van der Waals surface area contributed by atoms with Crippen molar-refractivity contribution in [1.29, 1.82) is 0 Å². The molecule has 5 nitrogen and oxygen atoms in total. The van der Waals surface area contributed by atoms with Crippen LogP contribution in [-0.2, 0) is 6.54 Å². The van der Waals surface area contributed by atoms with E-state index in [0.29, 0.717) is 11.5 Å². The topological polar surface area (TPSA) is 58.4 Å². The summed E-state index contributed by atoms with van der Waals surface area (Å²) in [4.78, 5) is 18.4. The summed E-state index contributed by atoms with van der Waals surface area (Å²) < 4.78 is 5.57. The molecule has 0 unspecified atom stereocenters. The van der Waals surface area contributed by atoms with E-state index in [9.17, 15) is 4.79 Å². The van der Waals surface area contributed by atoms with Gasteiger partial charge >= 0.3 is 0 Å². The molecule has 0 aliphatic carbocycles. The Morgan fingerprint density at radius 3 is 2.55 bits per heavy atom. The number of amides is 1. The van der Waals surface area contributed by atoms with Crippen LogP contribution in [0.4, 0.5) is 5.69 Å². The molecule has 0 fully saturated rings. The van der Waals surface area contributed by atoms with Crippen LogP contribution in [0.2, 0.25) is 0 Å². The predicted molar refractivity (Wildman–Crippen MR) is 85.9 cm³/mol. The highest BCUT2D eigenvalue weighted by atomic mass is 16.3. The minimum Gasteiger partial charge on any atom is -0.439 e. The Labute approximate surface area is 128 Å². The largest absolute Gasteiger partial charge is 0.439 e. The zero-order chi connectivity index (χ0) is 15.5. The Bertz CT molecular complexity index is 758. The van der Waals surface area contributed by atoms with Crippen molar-refractivity contribution >= 4 is 22.7 Å². The van der Waals surface area contributed by atoms with E-state index in [-0.39, 0.29) is 12.5 Å². The molecule has 112 valence electrons. The number of carbonyl (C=O) groups excluding carboxylic acids is 1. The zero-order valence-corrected chi connectivity index (χ0v) is 12.5. The van der Waals surface area contributed by atoms with Crippen LogP contribution in [0.15, 0.2) is 52.9 Å². The van der Waals surface area contributed by atoms with E-state index in [0.717, 1.165) is 16.8 Å². The van der Waals surface area contributed by atoms with E-state index in [4.69, 9.17) is 4.42 Å². The number of hydrogen-bond donors (Lipinski definition) is 1. The van der Waals surface area contributed by atoms with Gasteiger partial charge in [-0.3, -0.25) is 4.79 Å². The van der Waals surface area contributed by atoms with E-state index in [1.807, 2.05) is 55.4 Å². The third-order valence-corrected chi connectivity index (χ3v) is 3.38. The Balaban J connectivity index is 1.66. The lowest BCUT2D eigenvalue weighted by molar-refractivity contribution is 0.0947.